The number of guanidine groups is 2. The van der Waals surface area contributed by atoms with Gasteiger partial charge in [0.15, 0.2) is 0 Å². The average molecular weight is 378 g/mol. The van der Waals surface area contributed by atoms with Crippen molar-refractivity contribution in [3.63, 3.8) is 0 Å². The molecule has 0 spiro atoms. The Kier molecular flexibility index (Phi) is 5.69. The van der Waals surface area contributed by atoms with E-state index in [4.69, 9.17) is 5.73 Å². The maximum Gasteiger partial charge on any atom is 0.252 e. The van der Waals surface area contributed by atoms with Crippen LogP contribution in [0.1, 0.15) is 17.5 Å². The van der Waals surface area contributed by atoms with Crippen LogP contribution in [0.25, 0.3) is 0 Å². The average Bonchev–Trinajstić information content (AvgIpc) is 2.95. The summed E-state index contributed by atoms with van der Waals surface area (Å²) in [6.45, 7) is 3.93. The van der Waals surface area contributed by atoms with Crippen LogP contribution >= 0.6 is 0 Å². The zero-order valence-electron chi connectivity index (χ0n) is 15.7. The Balaban J connectivity index is 1.60. The minimum absolute atomic E-state index is 0.0794. The van der Waals surface area contributed by atoms with Gasteiger partial charge in [-0.05, 0) is 43.7 Å². The van der Waals surface area contributed by atoms with Crippen molar-refractivity contribution in [3.8, 4) is 0 Å². The number of hydrogen-bond acceptors (Lipinski definition) is 4. The Morgan fingerprint density at radius 2 is 1.86 bits per heavy atom. The van der Waals surface area contributed by atoms with Gasteiger partial charge in [-0.1, -0.05) is 29.8 Å². The van der Waals surface area contributed by atoms with Gasteiger partial charge in [0.2, 0.25) is 17.8 Å². The Hall–Kier alpha value is -3.68. The van der Waals surface area contributed by atoms with Crippen molar-refractivity contribution >= 4 is 35.1 Å². The molecule has 8 heteroatoms. The van der Waals surface area contributed by atoms with E-state index in [0.717, 1.165) is 16.8 Å². The van der Waals surface area contributed by atoms with Crippen LogP contribution in [0.3, 0.4) is 0 Å². The molecule has 1 aliphatic heterocycles. The minimum atomic E-state index is -0.837. The molecular formula is C20H22N6O2. The second-order valence-electron chi connectivity index (χ2n) is 6.57. The fraction of sp³-hybridized carbons (Fsp3) is 0.200. The van der Waals surface area contributed by atoms with E-state index in [1.165, 1.54) is 0 Å². The highest BCUT2D eigenvalue weighted by Crippen LogP contribution is 2.12. The fourth-order valence-corrected chi connectivity index (χ4v) is 2.66. The normalized spacial score (nSPS) is 16.4. The van der Waals surface area contributed by atoms with Crippen molar-refractivity contribution in [3.05, 3.63) is 59.7 Å². The quantitative estimate of drug-likeness (QED) is 0.480. The zero-order chi connectivity index (χ0) is 20.1. The predicted molar refractivity (Wildman–Crippen MR) is 110 cm³/mol. The number of rotatable bonds is 4. The minimum Gasteiger partial charge on any atom is -0.369 e. The van der Waals surface area contributed by atoms with Crippen LogP contribution < -0.4 is 21.7 Å². The molecule has 28 heavy (non-hydrogen) atoms. The van der Waals surface area contributed by atoms with Gasteiger partial charge in [0.25, 0.3) is 5.91 Å². The summed E-state index contributed by atoms with van der Waals surface area (Å²) in [4.78, 5) is 32.5. The molecule has 0 fully saturated rings. The van der Waals surface area contributed by atoms with Gasteiger partial charge < -0.3 is 16.4 Å². The molecule has 1 unspecified atom stereocenters. The summed E-state index contributed by atoms with van der Waals surface area (Å²) in [5, 5.41) is 8.21. The number of nitrogens with zero attached hydrogens (tertiary/aromatic N) is 2. The molecule has 2 aromatic carbocycles. The second kappa shape index (κ2) is 8.34. The number of carbonyl (C=O) groups excluding carboxylic acids is 2. The largest absolute Gasteiger partial charge is 0.369 e. The van der Waals surface area contributed by atoms with Crippen LogP contribution in [0.2, 0.25) is 0 Å². The van der Waals surface area contributed by atoms with E-state index in [9.17, 15) is 9.59 Å². The highest BCUT2D eigenvalue weighted by molar-refractivity contribution is 6.11. The number of amides is 2. The maximum atomic E-state index is 12.2. The van der Waals surface area contributed by atoms with Crippen LogP contribution in [0, 0.1) is 13.8 Å². The molecule has 0 aliphatic carbocycles. The Bertz CT molecular complexity index is 949. The van der Waals surface area contributed by atoms with Crippen LogP contribution in [-0.2, 0) is 9.59 Å². The van der Waals surface area contributed by atoms with Crippen molar-refractivity contribution in [1.82, 2.24) is 5.32 Å². The van der Waals surface area contributed by atoms with E-state index in [1.807, 2.05) is 50.2 Å². The van der Waals surface area contributed by atoms with Crippen LogP contribution in [0.4, 0.5) is 11.4 Å². The zero-order valence-corrected chi connectivity index (χ0v) is 15.7. The lowest BCUT2D eigenvalue weighted by atomic mass is 10.2. The van der Waals surface area contributed by atoms with E-state index in [0.29, 0.717) is 5.69 Å². The molecule has 0 aromatic heterocycles. The van der Waals surface area contributed by atoms with E-state index >= 15 is 0 Å². The predicted octanol–water partition coefficient (Wildman–Crippen LogP) is 1.91. The smallest absolute Gasteiger partial charge is 0.252 e. The summed E-state index contributed by atoms with van der Waals surface area (Å²) in [5.41, 5.74) is 9.48. The standard InChI is InChI=1S/C20H22N6O2/c1-12-6-8-14(9-7-12)22-17(27)11-16-18(28)25-20(24-16)26-19(21)23-15-5-3-4-13(2)10-15/h3-10,16H,11H2,1-2H3,(H,22,27)(H4,21,23,24,25,26,28). The first kappa shape index (κ1) is 19.1. The first-order chi connectivity index (χ1) is 13.4. The topological polar surface area (TPSA) is 121 Å². The molecule has 0 saturated heterocycles. The summed E-state index contributed by atoms with van der Waals surface area (Å²) >= 11 is 0. The van der Waals surface area contributed by atoms with E-state index in [-0.39, 0.29) is 30.2 Å². The number of hydrogen-bond donors (Lipinski definition) is 4. The lowest BCUT2D eigenvalue weighted by Gasteiger charge is -2.07. The molecule has 2 amide bonds. The molecule has 8 nitrogen and oxygen atoms in total. The summed E-state index contributed by atoms with van der Waals surface area (Å²) in [6, 6.07) is 14.2. The monoisotopic (exact) mass is 378 g/mol. The van der Waals surface area contributed by atoms with Crippen molar-refractivity contribution in [2.45, 2.75) is 26.3 Å². The van der Waals surface area contributed by atoms with Crippen molar-refractivity contribution < 1.29 is 9.59 Å². The number of aryl methyl sites for hydroxylation is 2. The third kappa shape index (κ3) is 5.16. The first-order valence-corrected chi connectivity index (χ1v) is 8.82. The number of anilines is 2. The molecule has 0 radical (unpaired) electrons. The van der Waals surface area contributed by atoms with Gasteiger partial charge in [-0.3, -0.25) is 14.9 Å². The molecule has 1 atom stereocenters. The number of carbonyl (C=O) groups is 2. The molecule has 0 bridgehead atoms. The van der Waals surface area contributed by atoms with Gasteiger partial charge in [0.1, 0.15) is 6.04 Å². The SMILES string of the molecule is Cc1ccc(NC(=O)CC2N=C(/N=C(\N)Nc3cccc(C)c3)NC2=O)cc1. The van der Waals surface area contributed by atoms with Crippen molar-refractivity contribution in [2.24, 2.45) is 15.7 Å². The summed E-state index contributed by atoms with van der Waals surface area (Å²) < 4.78 is 0. The van der Waals surface area contributed by atoms with Gasteiger partial charge in [0.05, 0.1) is 6.42 Å². The number of nitrogens with one attached hydrogen (secondary N) is 3. The van der Waals surface area contributed by atoms with Gasteiger partial charge in [-0.25, -0.2) is 4.99 Å². The first-order valence-electron chi connectivity index (χ1n) is 8.82. The molecule has 1 aliphatic rings. The molecule has 5 N–H and O–H groups in total. The van der Waals surface area contributed by atoms with Crippen LogP contribution in [-0.4, -0.2) is 29.8 Å². The molecule has 2 aromatic rings. The van der Waals surface area contributed by atoms with Gasteiger partial charge in [0, 0.05) is 11.4 Å². The van der Waals surface area contributed by atoms with E-state index < -0.39 is 6.04 Å². The molecule has 144 valence electrons. The summed E-state index contributed by atoms with van der Waals surface area (Å²) in [6.07, 6.45) is -0.0794. The van der Waals surface area contributed by atoms with Crippen LogP contribution in [0.5, 0.6) is 0 Å². The van der Waals surface area contributed by atoms with E-state index in [1.54, 1.807) is 12.1 Å². The Morgan fingerprint density at radius 1 is 1.11 bits per heavy atom. The second-order valence-corrected chi connectivity index (χ2v) is 6.57. The third-order valence-electron chi connectivity index (χ3n) is 4.05. The lowest BCUT2D eigenvalue weighted by molar-refractivity contribution is -0.123. The molecule has 3 rings (SSSR count). The fourth-order valence-electron chi connectivity index (χ4n) is 2.66. The molecular weight excluding hydrogens is 356 g/mol. The Morgan fingerprint density at radius 3 is 2.57 bits per heavy atom. The van der Waals surface area contributed by atoms with Crippen molar-refractivity contribution in [1.29, 1.82) is 0 Å². The summed E-state index contributed by atoms with van der Waals surface area (Å²) in [7, 11) is 0. The highest BCUT2D eigenvalue weighted by Gasteiger charge is 2.28. The van der Waals surface area contributed by atoms with Gasteiger partial charge in [-0.2, -0.15) is 4.99 Å². The maximum absolute atomic E-state index is 12.2. The Labute approximate surface area is 163 Å². The summed E-state index contributed by atoms with van der Waals surface area (Å²) in [5.74, 6) is -0.518. The number of nitrogens with two attached hydrogens (primary N) is 1. The van der Waals surface area contributed by atoms with Gasteiger partial charge in [-0.15, -0.1) is 0 Å². The number of benzene rings is 2. The highest BCUT2D eigenvalue weighted by atomic mass is 16.2. The van der Waals surface area contributed by atoms with E-state index in [2.05, 4.69) is 25.9 Å². The lowest BCUT2D eigenvalue weighted by Crippen LogP contribution is -2.32. The number of aliphatic imine (C=N–C) groups is 2. The van der Waals surface area contributed by atoms with Crippen LogP contribution in [0.15, 0.2) is 58.5 Å². The van der Waals surface area contributed by atoms with Gasteiger partial charge >= 0.3 is 0 Å². The van der Waals surface area contributed by atoms with Crippen molar-refractivity contribution in [2.75, 3.05) is 10.6 Å². The third-order valence-corrected chi connectivity index (χ3v) is 4.05. The molecule has 0 saturated carbocycles. The molecule has 1 heterocycles.